The van der Waals surface area contributed by atoms with Crippen molar-refractivity contribution >= 4 is 12.2 Å². The highest BCUT2D eigenvalue weighted by Crippen LogP contribution is 2.33. The Balaban J connectivity index is 2.02. The van der Waals surface area contributed by atoms with Crippen LogP contribution in [-0.4, -0.2) is 17.3 Å². The first-order chi connectivity index (χ1) is 11.6. The summed E-state index contributed by atoms with van der Waals surface area (Å²) in [6.45, 7) is 1.70. The second kappa shape index (κ2) is 6.54. The first kappa shape index (κ1) is 15.7. The molecule has 1 atom stereocenters. The Morgan fingerprint density at radius 1 is 1.04 bits per heavy atom. The summed E-state index contributed by atoms with van der Waals surface area (Å²) < 4.78 is 0. The summed E-state index contributed by atoms with van der Waals surface area (Å²) in [6.07, 6.45) is 6.73. The molecular formula is C20H18N2O2. The molecule has 0 radical (unpaired) electrons. The van der Waals surface area contributed by atoms with Crippen molar-refractivity contribution in [2.45, 2.75) is 12.3 Å². The molecule has 4 nitrogen and oxygen atoms in total. The molecular weight excluding hydrogens is 300 g/mol. The van der Waals surface area contributed by atoms with Gasteiger partial charge in [-0.15, -0.1) is 0 Å². The van der Waals surface area contributed by atoms with Crippen molar-refractivity contribution < 1.29 is 9.90 Å². The minimum atomic E-state index is -1.17. The van der Waals surface area contributed by atoms with Crippen LogP contribution in [0.15, 0.2) is 83.6 Å². The van der Waals surface area contributed by atoms with Crippen LogP contribution in [0.3, 0.4) is 0 Å². The summed E-state index contributed by atoms with van der Waals surface area (Å²) in [7, 11) is 0. The van der Waals surface area contributed by atoms with Crippen LogP contribution >= 0.6 is 0 Å². The van der Waals surface area contributed by atoms with Gasteiger partial charge in [0.2, 0.25) is 0 Å². The van der Waals surface area contributed by atoms with E-state index in [-0.39, 0.29) is 0 Å². The molecule has 0 fully saturated rings. The maximum Gasteiger partial charge on any atom is 0.318 e. The Bertz CT molecular complexity index is 820. The van der Waals surface area contributed by atoms with E-state index in [1.807, 2.05) is 54.6 Å². The monoisotopic (exact) mass is 318 g/mol. The second-order valence-electron chi connectivity index (χ2n) is 5.74. The molecule has 4 heteroatoms. The number of carboxylic acid groups (broad SMARTS) is 1. The number of rotatable bonds is 4. The molecule has 0 aromatic heterocycles. The molecule has 1 aliphatic rings. The van der Waals surface area contributed by atoms with E-state index >= 15 is 0 Å². The van der Waals surface area contributed by atoms with Crippen molar-refractivity contribution in [3.63, 3.8) is 0 Å². The second-order valence-corrected chi connectivity index (χ2v) is 5.74. The van der Waals surface area contributed by atoms with Crippen LogP contribution in [0, 0.1) is 0 Å². The lowest BCUT2D eigenvalue weighted by atomic mass is 9.75. The number of hydrogen-bond donors (Lipinski definition) is 2. The fourth-order valence-corrected chi connectivity index (χ4v) is 2.72. The maximum absolute atomic E-state index is 12.0. The van der Waals surface area contributed by atoms with Gasteiger partial charge in [-0.1, -0.05) is 60.7 Å². The highest BCUT2D eigenvalue weighted by atomic mass is 16.4. The summed E-state index contributed by atoms with van der Waals surface area (Å²) in [4.78, 5) is 12.0. The molecule has 0 saturated carbocycles. The van der Waals surface area contributed by atoms with E-state index in [9.17, 15) is 9.90 Å². The fraction of sp³-hybridized carbons (Fsp3) is 0.100. The van der Waals surface area contributed by atoms with Crippen molar-refractivity contribution in [3.8, 4) is 11.1 Å². The Hall–Kier alpha value is -3.14. The minimum absolute atomic E-state index is 0.615. The standard InChI is InChI=1S/C20H18N2O2/c1-20(19(23)24,18-8-5-13-21-22-14-18)17-11-9-16(10-12-17)15-6-3-2-4-7-15/h2-14,21H,1H3,(H,23,24). The predicted molar refractivity (Wildman–Crippen MR) is 95.7 cm³/mol. The van der Waals surface area contributed by atoms with Gasteiger partial charge in [0.25, 0.3) is 0 Å². The molecule has 2 aromatic carbocycles. The zero-order valence-corrected chi connectivity index (χ0v) is 13.3. The molecule has 120 valence electrons. The van der Waals surface area contributed by atoms with Gasteiger partial charge in [-0.3, -0.25) is 10.2 Å². The van der Waals surface area contributed by atoms with E-state index in [4.69, 9.17) is 0 Å². The first-order valence-electron chi connectivity index (χ1n) is 7.67. The van der Waals surface area contributed by atoms with Crippen LogP contribution in [-0.2, 0) is 10.2 Å². The molecule has 0 aliphatic carbocycles. The quantitative estimate of drug-likeness (QED) is 0.903. The molecule has 3 rings (SSSR count). The number of carbonyl (C=O) groups is 1. The van der Waals surface area contributed by atoms with Gasteiger partial charge in [0, 0.05) is 6.20 Å². The number of nitrogens with zero attached hydrogens (tertiary/aromatic N) is 1. The number of hydrazone groups is 1. The SMILES string of the molecule is CC(C(=O)O)(C1=CC=CNN=C1)c1ccc(-c2ccccc2)cc1. The summed E-state index contributed by atoms with van der Waals surface area (Å²) in [5.41, 5.74) is 5.02. The molecule has 0 saturated heterocycles. The highest BCUT2D eigenvalue weighted by molar-refractivity contribution is 5.97. The van der Waals surface area contributed by atoms with E-state index in [0.29, 0.717) is 11.1 Å². The minimum Gasteiger partial charge on any atom is -0.480 e. The normalized spacial score (nSPS) is 15.8. The third kappa shape index (κ3) is 2.86. The molecule has 0 spiro atoms. The van der Waals surface area contributed by atoms with Crippen LogP contribution in [0.2, 0.25) is 0 Å². The van der Waals surface area contributed by atoms with Crippen molar-refractivity contribution in [2.75, 3.05) is 0 Å². The molecule has 2 aromatic rings. The average molecular weight is 318 g/mol. The zero-order valence-electron chi connectivity index (χ0n) is 13.3. The lowest BCUT2D eigenvalue weighted by Gasteiger charge is -2.26. The van der Waals surface area contributed by atoms with E-state index in [1.165, 1.54) is 0 Å². The largest absolute Gasteiger partial charge is 0.480 e. The van der Waals surface area contributed by atoms with Crippen LogP contribution in [0.25, 0.3) is 11.1 Å². The zero-order chi connectivity index (χ0) is 17.0. The van der Waals surface area contributed by atoms with E-state index < -0.39 is 11.4 Å². The van der Waals surface area contributed by atoms with Crippen molar-refractivity contribution in [1.82, 2.24) is 5.43 Å². The molecule has 0 amide bonds. The number of benzene rings is 2. The average Bonchev–Trinajstić information content (AvgIpc) is 2.91. The van der Waals surface area contributed by atoms with Crippen LogP contribution in [0.5, 0.6) is 0 Å². The van der Waals surface area contributed by atoms with Crippen molar-refractivity contribution in [2.24, 2.45) is 5.10 Å². The smallest absolute Gasteiger partial charge is 0.318 e. The maximum atomic E-state index is 12.0. The first-order valence-corrected chi connectivity index (χ1v) is 7.67. The summed E-state index contributed by atoms with van der Waals surface area (Å²) >= 11 is 0. The molecule has 1 aliphatic heterocycles. The lowest BCUT2D eigenvalue weighted by molar-refractivity contribution is -0.141. The Kier molecular flexibility index (Phi) is 4.29. The van der Waals surface area contributed by atoms with Gasteiger partial charge in [0.1, 0.15) is 5.41 Å². The summed E-state index contributed by atoms with van der Waals surface area (Å²) in [5.74, 6) is -0.914. The van der Waals surface area contributed by atoms with Gasteiger partial charge in [-0.2, -0.15) is 5.10 Å². The van der Waals surface area contributed by atoms with Crippen LogP contribution < -0.4 is 5.43 Å². The Morgan fingerprint density at radius 3 is 2.38 bits per heavy atom. The van der Waals surface area contributed by atoms with E-state index in [2.05, 4.69) is 10.5 Å². The number of carboxylic acids is 1. The Morgan fingerprint density at radius 2 is 1.71 bits per heavy atom. The van der Waals surface area contributed by atoms with Crippen LogP contribution in [0.4, 0.5) is 0 Å². The lowest BCUT2D eigenvalue weighted by Crippen LogP contribution is -2.35. The van der Waals surface area contributed by atoms with Gasteiger partial charge in [0.15, 0.2) is 0 Å². The topological polar surface area (TPSA) is 61.7 Å². The number of nitrogens with one attached hydrogen (secondary N) is 1. The van der Waals surface area contributed by atoms with E-state index in [0.717, 1.165) is 11.1 Å². The van der Waals surface area contributed by atoms with Gasteiger partial charge < -0.3 is 5.11 Å². The van der Waals surface area contributed by atoms with Crippen molar-refractivity contribution in [3.05, 3.63) is 84.1 Å². The van der Waals surface area contributed by atoms with E-state index in [1.54, 1.807) is 31.5 Å². The predicted octanol–water partition coefficient (Wildman–Crippen LogP) is 3.73. The van der Waals surface area contributed by atoms with Gasteiger partial charge in [0.05, 0.1) is 6.21 Å². The Labute approximate surface area is 140 Å². The summed E-state index contributed by atoms with van der Waals surface area (Å²) in [6, 6.07) is 17.6. The highest BCUT2D eigenvalue weighted by Gasteiger charge is 2.38. The van der Waals surface area contributed by atoms with Gasteiger partial charge in [-0.25, -0.2) is 0 Å². The molecule has 2 N–H and O–H groups in total. The molecule has 24 heavy (non-hydrogen) atoms. The molecule has 1 heterocycles. The number of aliphatic carboxylic acids is 1. The summed E-state index contributed by atoms with van der Waals surface area (Å²) in [5, 5.41) is 13.9. The molecule has 0 bridgehead atoms. The van der Waals surface area contributed by atoms with Crippen LogP contribution in [0.1, 0.15) is 12.5 Å². The third-order valence-corrected chi connectivity index (χ3v) is 4.30. The third-order valence-electron chi connectivity index (χ3n) is 4.30. The number of allylic oxidation sites excluding steroid dienone is 2. The number of hydrogen-bond acceptors (Lipinski definition) is 3. The fourth-order valence-electron chi connectivity index (χ4n) is 2.72. The molecule has 1 unspecified atom stereocenters. The van der Waals surface area contributed by atoms with Gasteiger partial charge in [-0.05, 0) is 35.3 Å². The van der Waals surface area contributed by atoms with Gasteiger partial charge >= 0.3 is 5.97 Å². The van der Waals surface area contributed by atoms with Crippen molar-refractivity contribution in [1.29, 1.82) is 0 Å².